The smallest absolute Gasteiger partial charge is 0.407 e. The number of amides is 4. The molecule has 2 aliphatic rings. The first-order chi connectivity index (χ1) is 29.7. The minimum atomic E-state index is -0.885. The molecule has 2 aromatic heterocycles. The molecular weight excluding hydrogens is 769 g/mol. The number of fused-ring (bicyclic) bond motifs is 2. The van der Waals surface area contributed by atoms with E-state index in [0.29, 0.717) is 24.5 Å². The lowest BCUT2D eigenvalue weighted by atomic mass is 10.00. The Kier molecular flexibility index (Phi) is 10.8. The second-order valence-electron chi connectivity index (χ2n) is 15.7. The summed E-state index contributed by atoms with van der Waals surface area (Å²) in [7, 11) is 1.28. The molecule has 9 rings (SSSR count). The third-order valence-corrected chi connectivity index (χ3v) is 11.8. The molecule has 0 saturated carbocycles. The van der Waals surface area contributed by atoms with Crippen molar-refractivity contribution >= 4 is 45.9 Å². The van der Waals surface area contributed by atoms with E-state index >= 15 is 0 Å². The highest BCUT2D eigenvalue weighted by Crippen LogP contribution is 2.37. The highest BCUT2D eigenvalue weighted by atomic mass is 16.5. The second kappa shape index (κ2) is 16.8. The summed E-state index contributed by atoms with van der Waals surface area (Å²) in [5.74, 6) is 0.831. The molecule has 4 heterocycles. The normalized spacial score (nSPS) is 17.3. The van der Waals surface area contributed by atoms with Crippen LogP contribution in [0.25, 0.3) is 44.3 Å². The van der Waals surface area contributed by atoms with E-state index in [0.717, 1.165) is 81.4 Å². The minimum Gasteiger partial charge on any atom is -0.453 e. The zero-order chi connectivity index (χ0) is 42.0. The van der Waals surface area contributed by atoms with Gasteiger partial charge in [0.2, 0.25) is 11.8 Å². The molecule has 2 fully saturated rings. The van der Waals surface area contributed by atoms with Crippen molar-refractivity contribution in [2.24, 2.45) is 0 Å². The maximum atomic E-state index is 14.0. The van der Waals surface area contributed by atoms with Gasteiger partial charge in [0, 0.05) is 20.0 Å². The van der Waals surface area contributed by atoms with Crippen LogP contribution < -0.4 is 10.6 Å². The molecule has 4 amide bonds. The van der Waals surface area contributed by atoms with Crippen LogP contribution in [0.4, 0.5) is 4.79 Å². The standard InChI is InChI=1S/C48H46N8O5/c1-29(57)49-42(32-11-5-3-6-12-32)46(58)55-25-9-15-40(55)44-50-36-23-21-34(27-38(36)52-44)30-17-19-31(20-18-30)35-22-24-37-39(28-35)53-45(51-37)41-16-10-26-56(41)47(59)43(54-48(60)61-2)33-13-7-4-8-14-33/h3-8,11-14,17-24,27-28,40-43H,9-10,15-16,25-26H2,1-2H3,(H,49,57)(H,50,52)(H,51,53)(H,54,60)/t40-,41-,42-,43+/m1/s1. The number of benzene rings is 5. The third kappa shape index (κ3) is 7.94. The van der Waals surface area contributed by atoms with Gasteiger partial charge in [0.05, 0.1) is 41.3 Å². The molecule has 0 spiro atoms. The van der Waals surface area contributed by atoms with Gasteiger partial charge in [0.15, 0.2) is 0 Å². The predicted molar refractivity (Wildman–Crippen MR) is 232 cm³/mol. The molecule has 4 N–H and O–H groups in total. The van der Waals surface area contributed by atoms with Gasteiger partial charge in [-0.1, -0.05) is 97.1 Å². The van der Waals surface area contributed by atoms with Crippen LogP contribution >= 0.6 is 0 Å². The van der Waals surface area contributed by atoms with Gasteiger partial charge in [-0.15, -0.1) is 0 Å². The molecule has 2 aliphatic heterocycles. The Morgan fingerprint density at radius 2 is 1.03 bits per heavy atom. The molecule has 2 saturated heterocycles. The number of ether oxygens (including phenoxy) is 1. The van der Waals surface area contributed by atoms with E-state index < -0.39 is 18.2 Å². The summed E-state index contributed by atoms with van der Waals surface area (Å²) in [5, 5.41) is 5.58. The van der Waals surface area contributed by atoms with Crippen molar-refractivity contribution in [3.8, 4) is 22.3 Å². The van der Waals surface area contributed by atoms with E-state index in [2.05, 4.69) is 69.1 Å². The zero-order valence-corrected chi connectivity index (χ0v) is 33.9. The third-order valence-electron chi connectivity index (χ3n) is 11.8. The quantitative estimate of drug-likeness (QED) is 0.108. The van der Waals surface area contributed by atoms with Crippen LogP contribution in [0.2, 0.25) is 0 Å². The van der Waals surface area contributed by atoms with Crippen LogP contribution in [0, 0.1) is 0 Å². The van der Waals surface area contributed by atoms with Gasteiger partial charge in [-0.3, -0.25) is 14.4 Å². The highest BCUT2D eigenvalue weighted by molar-refractivity contribution is 5.90. The Morgan fingerprint density at radius 1 is 0.607 bits per heavy atom. The lowest BCUT2D eigenvalue weighted by Gasteiger charge is -2.28. The van der Waals surface area contributed by atoms with Crippen molar-refractivity contribution in [2.45, 2.75) is 56.8 Å². The van der Waals surface area contributed by atoms with Gasteiger partial charge in [-0.25, -0.2) is 14.8 Å². The average molecular weight is 815 g/mol. The highest BCUT2D eigenvalue weighted by Gasteiger charge is 2.38. The number of aromatic amines is 2. The number of nitrogens with zero attached hydrogens (tertiary/aromatic N) is 4. The van der Waals surface area contributed by atoms with E-state index in [9.17, 15) is 19.2 Å². The number of carbonyl (C=O) groups excluding carboxylic acids is 4. The predicted octanol–water partition coefficient (Wildman–Crippen LogP) is 8.07. The van der Waals surface area contributed by atoms with Crippen LogP contribution in [-0.2, 0) is 19.1 Å². The lowest BCUT2D eigenvalue weighted by Crippen LogP contribution is -2.42. The van der Waals surface area contributed by atoms with Crippen LogP contribution in [0.5, 0.6) is 0 Å². The summed E-state index contributed by atoms with van der Waals surface area (Å²) < 4.78 is 4.85. The fraction of sp³-hybridized carbons (Fsp3) is 0.250. The number of hydrogen-bond acceptors (Lipinski definition) is 7. The Hall–Kier alpha value is -7.28. The van der Waals surface area contributed by atoms with Crippen LogP contribution in [0.1, 0.15) is 79.6 Å². The Balaban J connectivity index is 0.911. The molecule has 61 heavy (non-hydrogen) atoms. The van der Waals surface area contributed by atoms with Crippen LogP contribution in [-0.4, -0.2) is 73.7 Å². The average Bonchev–Trinajstić information content (AvgIpc) is 4.13. The molecule has 13 nitrogen and oxygen atoms in total. The molecule has 0 unspecified atom stereocenters. The van der Waals surface area contributed by atoms with Gasteiger partial charge >= 0.3 is 6.09 Å². The van der Waals surface area contributed by atoms with Crippen molar-refractivity contribution in [2.75, 3.05) is 20.2 Å². The van der Waals surface area contributed by atoms with Gasteiger partial charge in [0.1, 0.15) is 23.7 Å². The summed E-state index contributed by atoms with van der Waals surface area (Å²) in [5.41, 5.74) is 8.96. The van der Waals surface area contributed by atoms with E-state index in [1.165, 1.54) is 14.0 Å². The Bertz CT molecular complexity index is 2730. The zero-order valence-electron chi connectivity index (χ0n) is 33.9. The number of aromatic nitrogens is 4. The molecule has 0 aliphatic carbocycles. The van der Waals surface area contributed by atoms with E-state index in [1.54, 1.807) is 4.90 Å². The molecule has 5 aromatic carbocycles. The van der Waals surface area contributed by atoms with Crippen LogP contribution in [0.15, 0.2) is 121 Å². The van der Waals surface area contributed by atoms with Gasteiger partial charge < -0.3 is 35.1 Å². The number of nitrogens with one attached hydrogen (secondary N) is 4. The molecule has 7 aromatic rings. The molecule has 0 radical (unpaired) electrons. The van der Waals surface area contributed by atoms with Crippen molar-refractivity contribution < 1.29 is 23.9 Å². The molecular formula is C48H46N8O5. The van der Waals surface area contributed by atoms with Gasteiger partial charge in [-0.2, -0.15) is 0 Å². The largest absolute Gasteiger partial charge is 0.453 e. The first-order valence-electron chi connectivity index (χ1n) is 20.7. The molecule has 308 valence electrons. The number of rotatable bonds is 10. The van der Waals surface area contributed by atoms with E-state index in [4.69, 9.17) is 14.7 Å². The van der Waals surface area contributed by atoms with Gasteiger partial charge in [0.25, 0.3) is 5.91 Å². The fourth-order valence-corrected chi connectivity index (χ4v) is 8.80. The summed E-state index contributed by atoms with van der Waals surface area (Å²) >= 11 is 0. The first kappa shape index (κ1) is 39.2. The van der Waals surface area contributed by atoms with Crippen molar-refractivity contribution in [3.05, 3.63) is 144 Å². The number of carbonyl (C=O) groups is 4. The molecule has 13 heteroatoms. The second-order valence-corrected chi connectivity index (χ2v) is 15.7. The minimum absolute atomic E-state index is 0.145. The van der Waals surface area contributed by atoms with Crippen molar-refractivity contribution in [1.82, 2.24) is 40.4 Å². The maximum Gasteiger partial charge on any atom is 0.407 e. The summed E-state index contributed by atoms with van der Waals surface area (Å²) in [6.07, 6.45) is 2.51. The summed E-state index contributed by atoms with van der Waals surface area (Å²) in [6.45, 7) is 2.57. The molecule has 4 atom stereocenters. The SMILES string of the molecule is COC(=O)N[C@H](C(=O)N1CCC[C@@H]1c1nc2ccc(-c3ccc(-c4ccc5nc([C@H]6CCCN6C(=O)[C@H](NC(C)=O)c6ccccc6)[nH]c5c4)cc3)cc2[nH]1)c1ccccc1. The Morgan fingerprint density at radius 3 is 1.46 bits per heavy atom. The number of likely N-dealkylation sites (tertiary alicyclic amines) is 2. The van der Waals surface area contributed by atoms with Crippen molar-refractivity contribution in [1.29, 1.82) is 0 Å². The summed E-state index contributed by atoms with van der Waals surface area (Å²) in [6, 6.07) is 37.1. The van der Waals surface area contributed by atoms with Crippen molar-refractivity contribution in [3.63, 3.8) is 0 Å². The monoisotopic (exact) mass is 814 g/mol. The molecule has 0 bridgehead atoms. The number of methoxy groups -OCH3 is 1. The number of hydrogen-bond donors (Lipinski definition) is 4. The van der Waals surface area contributed by atoms with Gasteiger partial charge in [-0.05, 0) is 83.3 Å². The first-order valence-corrected chi connectivity index (χ1v) is 20.7. The topological polar surface area (TPSA) is 165 Å². The number of imidazole rings is 2. The van der Waals surface area contributed by atoms with Crippen LogP contribution in [0.3, 0.4) is 0 Å². The fourth-order valence-electron chi connectivity index (χ4n) is 8.80. The summed E-state index contributed by atoms with van der Waals surface area (Å²) in [4.78, 5) is 72.8. The lowest BCUT2D eigenvalue weighted by molar-refractivity contribution is -0.137. The number of H-pyrrole nitrogens is 2. The Labute approximate surface area is 352 Å². The van der Waals surface area contributed by atoms with E-state index in [1.807, 2.05) is 77.7 Å². The number of alkyl carbamates (subject to hydrolysis) is 1. The van der Waals surface area contributed by atoms with E-state index in [-0.39, 0.29) is 29.8 Å². The maximum absolute atomic E-state index is 14.0.